The Labute approximate surface area is 426 Å². The second-order valence-corrected chi connectivity index (χ2v) is 19.2. The first-order chi connectivity index (χ1) is 34.0. The molecular formula is C63H108O6. The summed E-state index contributed by atoms with van der Waals surface area (Å²) in [5.41, 5.74) is 0. The van der Waals surface area contributed by atoms with Crippen molar-refractivity contribution in [2.24, 2.45) is 0 Å². The van der Waals surface area contributed by atoms with Gasteiger partial charge in [-0.2, -0.15) is 0 Å². The van der Waals surface area contributed by atoms with Gasteiger partial charge in [0.25, 0.3) is 0 Å². The molecular weight excluding hydrogens is 853 g/mol. The van der Waals surface area contributed by atoms with Gasteiger partial charge < -0.3 is 14.2 Å². The van der Waals surface area contributed by atoms with Crippen LogP contribution in [0.15, 0.2) is 85.1 Å². The van der Waals surface area contributed by atoms with Crippen molar-refractivity contribution in [2.45, 2.75) is 284 Å². The molecule has 1 atom stereocenters. The lowest BCUT2D eigenvalue weighted by Crippen LogP contribution is -2.30. The van der Waals surface area contributed by atoms with E-state index in [4.69, 9.17) is 14.2 Å². The molecule has 0 rings (SSSR count). The van der Waals surface area contributed by atoms with Crippen LogP contribution < -0.4 is 0 Å². The van der Waals surface area contributed by atoms with Crippen molar-refractivity contribution in [1.82, 2.24) is 0 Å². The van der Waals surface area contributed by atoms with E-state index < -0.39 is 6.10 Å². The van der Waals surface area contributed by atoms with Crippen LogP contribution in [0.1, 0.15) is 278 Å². The van der Waals surface area contributed by atoms with Crippen LogP contribution in [0.25, 0.3) is 0 Å². The van der Waals surface area contributed by atoms with Gasteiger partial charge in [-0.3, -0.25) is 14.4 Å². The minimum Gasteiger partial charge on any atom is -0.462 e. The fourth-order valence-electron chi connectivity index (χ4n) is 8.03. The molecule has 69 heavy (non-hydrogen) atoms. The highest BCUT2D eigenvalue weighted by Gasteiger charge is 2.19. The number of unbranched alkanes of at least 4 members (excludes halogenated alkanes) is 27. The number of carbonyl (C=O) groups is 3. The minimum atomic E-state index is -0.783. The molecule has 0 aromatic carbocycles. The molecule has 0 aliphatic rings. The molecule has 396 valence electrons. The zero-order chi connectivity index (χ0) is 50.0. The Morgan fingerprint density at radius 2 is 0.565 bits per heavy atom. The molecule has 0 saturated heterocycles. The van der Waals surface area contributed by atoms with Crippen molar-refractivity contribution in [2.75, 3.05) is 13.2 Å². The fraction of sp³-hybridized carbons (Fsp3) is 0.730. The third kappa shape index (κ3) is 55.4. The number of hydrogen-bond donors (Lipinski definition) is 0. The molecule has 6 heteroatoms. The summed E-state index contributed by atoms with van der Waals surface area (Å²) >= 11 is 0. The fourth-order valence-corrected chi connectivity index (χ4v) is 8.03. The van der Waals surface area contributed by atoms with E-state index >= 15 is 0 Å². The molecule has 0 radical (unpaired) electrons. The smallest absolute Gasteiger partial charge is 0.306 e. The van der Waals surface area contributed by atoms with Gasteiger partial charge in [-0.1, -0.05) is 247 Å². The van der Waals surface area contributed by atoms with Crippen LogP contribution in [0.5, 0.6) is 0 Å². The molecule has 0 bridgehead atoms. The normalized spacial score (nSPS) is 12.7. The van der Waals surface area contributed by atoms with E-state index in [-0.39, 0.29) is 31.1 Å². The molecule has 0 spiro atoms. The first-order valence-corrected chi connectivity index (χ1v) is 29.1. The maximum absolute atomic E-state index is 12.8. The van der Waals surface area contributed by atoms with Crippen molar-refractivity contribution in [3.05, 3.63) is 85.1 Å². The molecule has 0 aliphatic heterocycles. The summed E-state index contributed by atoms with van der Waals surface area (Å²) in [6.45, 7) is 6.50. The molecule has 0 heterocycles. The number of hydrogen-bond acceptors (Lipinski definition) is 6. The Morgan fingerprint density at radius 3 is 0.899 bits per heavy atom. The zero-order valence-corrected chi connectivity index (χ0v) is 45.3. The Hall–Kier alpha value is -3.41. The van der Waals surface area contributed by atoms with E-state index in [0.717, 1.165) is 109 Å². The van der Waals surface area contributed by atoms with Gasteiger partial charge in [0.2, 0.25) is 0 Å². The van der Waals surface area contributed by atoms with Crippen LogP contribution in [0.4, 0.5) is 0 Å². The van der Waals surface area contributed by atoms with Gasteiger partial charge in [0.15, 0.2) is 6.10 Å². The second-order valence-electron chi connectivity index (χ2n) is 19.2. The van der Waals surface area contributed by atoms with Crippen molar-refractivity contribution in [1.29, 1.82) is 0 Å². The SMILES string of the molecule is CC/C=C\C/C=C\C/C=C\C/C=C\C/C=C\C/C=C\CCCCCCCCC(=O)OCC(COC(=O)CCCCCCCCCCC)OC(=O)CCCCCCCCC/C=C\CCCCCCCC. The molecule has 1 unspecified atom stereocenters. The molecule has 6 nitrogen and oxygen atoms in total. The summed E-state index contributed by atoms with van der Waals surface area (Å²) in [5, 5.41) is 0. The summed E-state index contributed by atoms with van der Waals surface area (Å²) < 4.78 is 16.8. The van der Waals surface area contributed by atoms with Gasteiger partial charge in [-0.15, -0.1) is 0 Å². The lowest BCUT2D eigenvalue weighted by atomic mass is 10.1. The number of rotatable bonds is 52. The van der Waals surface area contributed by atoms with E-state index in [1.807, 2.05) is 0 Å². The lowest BCUT2D eigenvalue weighted by Gasteiger charge is -2.18. The number of esters is 3. The van der Waals surface area contributed by atoms with Gasteiger partial charge in [0.1, 0.15) is 13.2 Å². The maximum Gasteiger partial charge on any atom is 0.306 e. The molecule has 0 aromatic heterocycles. The van der Waals surface area contributed by atoms with Crippen LogP contribution in [-0.4, -0.2) is 37.2 Å². The Bertz CT molecular complexity index is 1330. The van der Waals surface area contributed by atoms with Crippen LogP contribution in [0.2, 0.25) is 0 Å². The third-order valence-corrected chi connectivity index (χ3v) is 12.4. The average molecular weight is 962 g/mol. The van der Waals surface area contributed by atoms with Gasteiger partial charge in [-0.05, 0) is 96.3 Å². The Morgan fingerprint density at radius 1 is 0.304 bits per heavy atom. The topological polar surface area (TPSA) is 78.9 Å². The summed E-state index contributed by atoms with van der Waals surface area (Å²) in [4.78, 5) is 38.1. The summed E-state index contributed by atoms with van der Waals surface area (Å²) in [5.74, 6) is -0.898. The zero-order valence-electron chi connectivity index (χ0n) is 45.3. The predicted octanol–water partition coefficient (Wildman–Crippen LogP) is 19.5. The number of allylic oxidation sites excluding steroid dienone is 14. The van der Waals surface area contributed by atoms with Gasteiger partial charge in [-0.25, -0.2) is 0 Å². The van der Waals surface area contributed by atoms with E-state index in [2.05, 4.69) is 106 Å². The third-order valence-electron chi connectivity index (χ3n) is 12.4. The Kier molecular flexibility index (Phi) is 54.3. The van der Waals surface area contributed by atoms with Gasteiger partial charge in [0.05, 0.1) is 0 Å². The quantitative estimate of drug-likeness (QED) is 0.0262. The first-order valence-electron chi connectivity index (χ1n) is 29.1. The largest absolute Gasteiger partial charge is 0.462 e. The van der Waals surface area contributed by atoms with Crippen LogP contribution in [0.3, 0.4) is 0 Å². The lowest BCUT2D eigenvalue weighted by molar-refractivity contribution is -0.167. The molecule has 0 aliphatic carbocycles. The molecule has 0 amide bonds. The highest BCUT2D eigenvalue weighted by molar-refractivity contribution is 5.71. The maximum atomic E-state index is 12.8. The van der Waals surface area contributed by atoms with Crippen molar-refractivity contribution in [3.63, 3.8) is 0 Å². The van der Waals surface area contributed by atoms with Crippen LogP contribution in [-0.2, 0) is 28.6 Å². The standard InChI is InChI=1S/C63H108O6/c1-4-7-10-13-16-19-21-23-25-27-28-29-30-31-32-33-34-36-37-39-41-44-47-50-53-56-62(65)68-59-60(58-67-61(64)55-52-49-46-43-18-15-12-9-6-3)69-63(66)57-54-51-48-45-42-40-38-35-26-24-22-20-17-14-11-8-5-2/h7,10,16,19,23-26,28-29,31-32,34,36,60H,4-6,8-9,11-15,17-18,20-22,27,30,33,35,37-59H2,1-3H3/b10-7-,19-16-,25-23-,26-24-,29-28-,32-31-,36-34-. The molecule has 0 N–H and O–H groups in total. The van der Waals surface area contributed by atoms with E-state index in [1.165, 1.54) is 128 Å². The first kappa shape index (κ1) is 65.6. The van der Waals surface area contributed by atoms with E-state index in [1.54, 1.807) is 0 Å². The molecule has 0 saturated carbocycles. The monoisotopic (exact) mass is 961 g/mol. The van der Waals surface area contributed by atoms with Crippen LogP contribution >= 0.6 is 0 Å². The van der Waals surface area contributed by atoms with Crippen LogP contribution in [0, 0.1) is 0 Å². The number of ether oxygens (including phenoxy) is 3. The highest BCUT2D eigenvalue weighted by Crippen LogP contribution is 2.15. The van der Waals surface area contributed by atoms with E-state index in [9.17, 15) is 14.4 Å². The second kappa shape index (κ2) is 57.2. The highest BCUT2D eigenvalue weighted by atomic mass is 16.6. The predicted molar refractivity (Wildman–Crippen MR) is 297 cm³/mol. The van der Waals surface area contributed by atoms with Gasteiger partial charge in [0, 0.05) is 19.3 Å². The summed E-state index contributed by atoms with van der Waals surface area (Å²) in [6, 6.07) is 0. The summed E-state index contributed by atoms with van der Waals surface area (Å²) in [7, 11) is 0. The van der Waals surface area contributed by atoms with Crippen molar-refractivity contribution >= 4 is 17.9 Å². The minimum absolute atomic E-state index is 0.0813. The molecule has 0 fully saturated rings. The number of carbonyl (C=O) groups excluding carboxylic acids is 3. The summed E-state index contributed by atoms with van der Waals surface area (Å²) in [6.07, 6.45) is 74.4. The van der Waals surface area contributed by atoms with Crippen molar-refractivity contribution in [3.8, 4) is 0 Å². The average Bonchev–Trinajstić information content (AvgIpc) is 3.35. The van der Waals surface area contributed by atoms with E-state index in [0.29, 0.717) is 19.3 Å². The van der Waals surface area contributed by atoms with Crippen molar-refractivity contribution < 1.29 is 28.6 Å². The Balaban J connectivity index is 4.30. The van der Waals surface area contributed by atoms with Gasteiger partial charge >= 0.3 is 17.9 Å². The molecule has 0 aromatic rings.